The third-order valence-corrected chi connectivity index (χ3v) is 2.79. The molecule has 84 valence electrons. The van der Waals surface area contributed by atoms with Gasteiger partial charge < -0.3 is 5.73 Å². The van der Waals surface area contributed by atoms with Crippen molar-refractivity contribution >= 4 is 17.5 Å². The smallest absolute Gasteiger partial charge is 0.329 e. The molecule has 0 bridgehead atoms. The standard InChI is InChI=1S/C10H17N3O2/c1-6-4-3-5-7(2)8(6)12-13-10(15)9(11)14/h6-7H,3-5H2,1-2H3,(H2,11,14)(H,13,15)/t6-,7-/m1/s1. The van der Waals surface area contributed by atoms with Crippen molar-refractivity contribution in [2.24, 2.45) is 22.7 Å². The minimum atomic E-state index is -1.00. The molecule has 0 aromatic carbocycles. The Hall–Kier alpha value is -1.39. The number of carbonyl (C=O) groups is 2. The third kappa shape index (κ3) is 3.04. The number of nitrogens with zero attached hydrogens (tertiary/aromatic N) is 1. The van der Waals surface area contributed by atoms with E-state index in [1.54, 1.807) is 0 Å². The molecule has 1 fully saturated rings. The Balaban J connectivity index is 2.63. The van der Waals surface area contributed by atoms with E-state index in [4.69, 9.17) is 5.73 Å². The molecule has 1 aliphatic carbocycles. The molecule has 0 aliphatic heterocycles. The van der Waals surface area contributed by atoms with Gasteiger partial charge in [-0.2, -0.15) is 5.10 Å². The molecular formula is C10H17N3O2. The first-order valence-corrected chi connectivity index (χ1v) is 5.19. The summed E-state index contributed by atoms with van der Waals surface area (Å²) in [6, 6.07) is 0. The molecule has 1 rings (SSSR count). The second-order valence-electron chi connectivity index (χ2n) is 4.07. The molecule has 15 heavy (non-hydrogen) atoms. The van der Waals surface area contributed by atoms with Crippen molar-refractivity contribution < 1.29 is 9.59 Å². The summed E-state index contributed by atoms with van der Waals surface area (Å²) >= 11 is 0. The van der Waals surface area contributed by atoms with E-state index in [0.717, 1.165) is 18.6 Å². The van der Waals surface area contributed by atoms with Gasteiger partial charge in [-0.3, -0.25) is 9.59 Å². The van der Waals surface area contributed by atoms with Crippen molar-refractivity contribution in [3.05, 3.63) is 0 Å². The maximum absolute atomic E-state index is 10.9. The van der Waals surface area contributed by atoms with Gasteiger partial charge in [-0.15, -0.1) is 0 Å². The van der Waals surface area contributed by atoms with Crippen LogP contribution in [0.1, 0.15) is 33.1 Å². The summed E-state index contributed by atoms with van der Waals surface area (Å²) in [5, 5.41) is 3.98. The zero-order chi connectivity index (χ0) is 11.4. The third-order valence-electron chi connectivity index (χ3n) is 2.79. The number of rotatable bonds is 1. The predicted molar refractivity (Wildman–Crippen MR) is 57.0 cm³/mol. The Bertz CT molecular complexity index is 287. The summed E-state index contributed by atoms with van der Waals surface area (Å²) in [6.45, 7) is 4.15. The Morgan fingerprint density at radius 3 is 2.33 bits per heavy atom. The zero-order valence-corrected chi connectivity index (χ0v) is 9.12. The van der Waals surface area contributed by atoms with Gasteiger partial charge in [0.15, 0.2) is 0 Å². The Morgan fingerprint density at radius 2 is 1.87 bits per heavy atom. The number of primary amides is 1. The van der Waals surface area contributed by atoms with Crippen LogP contribution in [0.25, 0.3) is 0 Å². The fraction of sp³-hybridized carbons (Fsp3) is 0.700. The van der Waals surface area contributed by atoms with Crippen molar-refractivity contribution in [3.63, 3.8) is 0 Å². The highest BCUT2D eigenvalue weighted by atomic mass is 16.2. The zero-order valence-electron chi connectivity index (χ0n) is 9.12. The summed E-state index contributed by atoms with van der Waals surface area (Å²) in [5.41, 5.74) is 7.94. The molecule has 0 saturated heterocycles. The van der Waals surface area contributed by atoms with Gasteiger partial charge in [-0.05, 0) is 24.7 Å². The minimum absolute atomic E-state index is 0.363. The molecule has 0 aromatic rings. The van der Waals surface area contributed by atoms with Crippen molar-refractivity contribution in [1.82, 2.24) is 5.43 Å². The molecule has 0 heterocycles. The molecule has 2 amide bonds. The van der Waals surface area contributed by atoms with Gasteiger partial charge in [0.25, 0.3) is 0 Å². The van der Waals surface area contributed by atoms with Gasteiger partial charge in [0.1, 0.15) is 0 Å². The predicted octanol–water partition coefficient (Wildman–Crippen LogP) is 0.400. The normalized spacial score (nSPS) is 25.9. The summed E-state index contributed by atoms with van der Waals surface area (Å²) in [4.78, 5) is 21.4. The van der Waals surface area contributed by atoms with Gasteiger partial charge in [-0.1, -0.05) is 20.3 Å². The number of hydrogen-bond donors (Lipinski definition) is 2. The minimum Gasteiger partial charge on any atom is -0.361 e. The molecule has 1 saturated carbocycles. The van der Waals surface area contributed by atoms with Crippen LogP contribution >= 0.6 is 0 Å². The summed E-state index contributed by atoms with van der Waals surface area (Å²) < 4.78 is 0. The van der Waals surface area contributed by atoms with Gasteiger partial charge >= 0.3 is 11.8 Å². The number of hydrazone groups is 1. The van der Waals surface area contributed by atoms with E-state index in [0.29, 0.717) is 11.8 Å². The molecule has 0 aromatic heterocycles. The van der Waals surface area contributed by atoms with Crippen molar-refractivity contribution in [1.29, 1.82) is 0 Å². The monoisotopic (exact) mass is 211 g/mol. The van der Waals surface area contributed by atoms with Crippen LogP contribution in [0, 0.1) is 11.8 Å². The van der Waals surface area contributed by atoms with E-state index < -0.39 is 11.8 Å². The maximum Gasteiger partial charge on any atom is 0.329 e. The van der Waals surface area contributed by atoms with Crippen LogP contribution in [0.5, 0.6) is 0 Å². The lowest BCUT2D eigenvalue weighted by Crippen LogP contribution is -2.35. The molecule has 0 spiro atoms. The lowest BCUT2D eigenvalue weighted by molar-refractivity contribution is -0.137. The highest BCUT2D eigenvalue weighted by Gasteiger charge is 2.23. The van der Waals surface area contributed by atoms with Crippen LogP contribution in [-0.4, -0.2) is 17.5 Å². The van der Waals surface area contributed by atoms with E-state index in [2.05, 4.69) is 24.4 Å². The summed E-state index contributed by atoms with van der Waals surface area (Å²) in [6.07, 6.45) is 3.34. The van der Waals surface area contributed by atoms with E-state index in [-0.39, 0.29) is 0 Å². The van der Waals surface area contributed by atoms with E-state index in [9.17, 15) is 9.59 Å². The summed E-state index contributed by atoms with van der Waals surface area (Å²) in [5.74, 6) is -1.13. The first-order valence-electron chi connectivity index (χ1n) is 5.19. The van der Waals surface area contributed by atoms with E-state index in [1.807, 2.05) is 0 Å². The molecule has 3 N–H and O–H groups in total. The Morgan fingerprint density at radius 1 is 1.33 bits per heavy atom. The number of nitrogens with one attached hydrogen (secondary N) is 1. The number of carbonyl (C=O) groups excluding carboxylic acids is 2. The number of nitrogens with two attached hydrogens (primary N) is 1. The Kier molecular flexibility index (Phi) is 3.82. The maximum atomic E-state index is 10.9. The largest absolute Gasteiger partial charge is 0.361 e. The number of amides is 2. The van der Waals surface area contributed by atoms with Gasteiger partial charge in [0, 0.05) is 5.71 Å². The fourth-order valence-electron chi connectivity index (χ4n) is 1.90. The lowest BCUT2D eigenvalue weighted by Gasteiger charge is -2.26. The van der Waals surface area contributed by atoms with Crippen LogP contribution < -0.4 is 11.2 Å². The van der Waals surface area contributed by atoms with Crippen molar-refractivity contribution in [2.45, 2.75) is 33.1 Å². The lowest BCUT2D eigenvalue weighted by atomic mass is 9.81. The van der Waals surface area contributed by atoms with Gasteiger partial charge in [0.05, 0.1) is 0 Å². The Labute approximate surface area is 89.1 Å². The first kappa shape index (κ1) is 11.7. The highest BCUT2D eigenvalue weighted by Crippen LogP contribution is 2.25. The molecule has 0 radical (unpaired) electrons. The van der Waals surface area contributed by atoms with Crippen molar-refractivity contribution in [2.75, 3.05) is 0 Å². The average molecular weight is 211 g/mol. The SMILES string of the molecule is C[C@@H]1CCC[C@@H](C)C1=NNC(=O)C(N)=O. The van der Waals surface area contributed by atoms with Crippen LogP contribution in [-0.2, 0) is 9.59 Å². The second kappa shape index (κ2) is 4.91. The van der Waals surface area contributed by atoms with Crippen LogP contribution in [0.3, 0.4) is 0 Å². The van der Waals surface area contributed by atoms with E-state index >= 15 is 0 Å². The quantitative estimate of drug-likeness (QED) is 0.486. The van der Waals surface area contributed by atoms with Gasteiger partial charge in [0.2, 0.25) is 0 Å². The molecular weight excluding hydrogens is 194 g/mol. The van der Waals surface area contributed by atoms with Crippen LogP contribution in [0.4, 0.5) is 0 Å². The molecule has 2 atom stereocenters. The highest BCUT2D eigenvalue weighted by molar-refractivity contribution is 6.34. The van der Waals surface area contributed by atoms with Crippen LogP contribution in [0.15, 0.2) is 5.10 Å². The molecule has 5 nitrogen and oxygen atoms in total. The summed E-state index contributed by atoms with van der Waals surface area (Å²) in [7, 11) is 0. The van der Waals surface area contributed by atoms with Gasteiger partial charge in [-0.25, -0.2) is 5.43 Å². The molecule has 0 unspecified atom stereocenters. The average Bonchev–Trinajstić information content (AvgIpc) is 2.16. The second-order valence-corrected chi connectivity index (χ2v) is 4.07. The number of hydrogen-bond acceptors (Lipinski definition) is 3. The van der Waals surface area contributed by atoms with Crippen molar-refractivity contribution in [3.8, 4) is 0 Å². The first-order chi connectivity index (χ1) is 7.02. The molecule has 1 aliphatic rings. The van der Waals surface area contributed by atoms with Crippen LogP contribution in [0.2, 0.25) is 0 Å². The molecule has 5 heteroatoms. The fourth-order valence-corrected chi connectivity index (χ4v) is 1.90. The topological polar surface area (TPSA) is 84.6 Å². The van der Waals surface area contributed by atoms with E-state index in [1.165, 1.54) is 6.42 Å².